The Hall–Kier alpha value is -2.38. The molecule has 1 unspecified atom stereocenters. The van der Waals surface area contributed by atoms with Crippen LogP contribution in [0.3, 0.4) is 0 Å². The molecule has 0 amide bonds. The van der Waals surface area contributed by atoms with Gasteiger partial charge in [-0.05, 0) is 62.8 Å². The standard InChI is InChI=1S/C16H20.C13H19N/c1-4-6-8-11-15(5-2)14(3)16-12-9-7-10-13-16;1-12-6-5-10-14(12)11-9-13-7-3-2-4-8-13/h4-5,7-14H,1,6H2,2-3H3;2-4,7-8,12H,5-6,9-11H2,1H3/b11-8-,15-5+;/t;12-/m.1/s1. The zero-order valence-electron chi connectivity index (χ0n) is 19.1. The molecule has 1 heterocycles. The number of likely N-dealkylation sites (tertiary alicyclic amines) is 1. The third-order valence-corrected chi connectivity index (χ3v) is 5.97. The van der Waals surface area contributed by atoms with Gasteiger partial charge in [0, 0.05) is 18.5 Å². The minimum Gasteiger partial charge on any atom is -0.300 e. The van der Waals surface area contributed by atoms with Gasteiger partial charge in [0.05, 0.1) is 0 Å². The van der Waals surface area contributed by atoms with Crippen LogP contribution >= 0.6 is 0 Å². The number of hydrogen-bond acceptors (Lipinski definition) is 1. The Balaban J connectivity index is 0.000000215. The van der Waals surface area contributed by atoms with E-state index in [0.717, 1.165) is 12.5 Å². The topological polar surface area (TPSA) is 3.24 Å². The molecule has 1 aliphatic heterocycles. The molecule has 0 aliphatic carbocycles. The van der Waals surface area contributed by atoms with Gasteiger partial charge >= 0.3 is 0 Å². The lowest BCUT2D eigenvalue weighted by Crippen LogP contribution is -2.28. The van der Waals surface area contributed by atoms with Crippen LogP contribution in [0, 0.1) is 0 Å². The Morgan fingerprint density at radius 2 is 1.77 bits per heavy atom. The molecule has 0 spiro atoms. The van der Waals surface area contributed by atoms with Gasteiger partial charge in [0.25, 0.3) is 0 Å². The quantitative estimate of drug-likeness (QED) is 0.325. The normalized spacial score (nSPS) is 18.1. The van der Waals surface area contributed by atoms with E-state index < -0.39 is 0 Å². The number of rotatable bonds is 8. The van der Waals surface area contributed by atoms with Gasteiger partial charge in [-0.3, -0.25) is 0 Å². The maximum atomic E-state index is 3.72. The highest BCUT2D eigenvalue weighted by Gasteiger charge is 2.19. The minimum absolute atomic E-state index is 0.451. The van der Waals surface area contributed by atoms with E-state index >= 15 is 0 Å². The van der Waals surface area contributed by atoms with Crippen molar-refractivity contribution in [2.24, 2.45) is 0 Å². The lowest BCUT2D eigenvalue weighted by Gasteiger charge is -2.20. The lowest BCUT2D eigenvalue weighted by molar-refractivity contribution is 0.272. The predicted molar refractivity (Wildman–Crippen MR) is 133 cm³/mol. The summed E-state index contributed by atoms with van der Waals surface area (Å²) in [6.07, 6.45) is 13.3. The third kappa shape index (κ3) is 8.16. The van der Waals surface area contributed by atoms with Crippen LogP contribution < -0.4 is 0 Å². The van der Waals surface area contributed by atoms with Crippen molar-refractivity contribution in [1.82, 2.24) is 4.90 Å². The highest BCUT2D eigenvalue weighted by atomic mass is 15.2. The molecule has 0 bridgehead atoms. The first kappa shape index (κ1) is 23.9. The SMILES string of the molecule is C=CC/C=C\C(=C/C)C(C)c1ccccc1.C[C@@H]1CCCN1CCc1ccccc1. The van der Waals surface area contributed by atoms with Gasteiger partial charge in [0.1, 0.15) is 0 Å². The Morgan fingerprint density at radius 3 is 2.33 bits per heavy atom. The molecule has 3 rings (SSSR count). The molecular formula is C29H39N. The second-order valence-corrected chi connectivity index (χ2v) is 8.11. The van der Waals surface area contributed by atoms with Crippen LogP contribution in [0.4, 0.5) is 0 Å². The minimum atomic E-state index is 0.451. The van der Waals surface area contributed by atoms with Crippen molar-refractivity contribution in [1.29, 1.82) is 0 Å². The van der Waals surface area contributed by atoms with E-state index in [1.165, 1.54) is 49.1 Å². The maximum absolute atomic E-state index is 3.72. The van der Waals surface area contributed by atoms with Gasteiger partial charge in [-0.2, -0.15) is 0 Å². The second-order valence-electron chi connectivity index (χ2n) is 8.11. The van der Waals surface area contributed by atoms with Gasteiger partial charge in [-0.15, -0.1) is 6.58 Å². The molecule has 0 saturated carbocycles. The Morgan fingerprint density at radius 1 is 1.10 bits per heavy atom. The lowest BCUT2D eigenvalue weighted by atomic mass is 9.92. The van der Waals surface area contributed by atoms with E-state index in [2.05, 4.69) is 111 Å². The van der Waals surface area contributed by atoms with Crippen molar-refractivity contribution in [2.75, 3.05) is 13.1 Å². The monoisotopic (exact) mass is 401 g/mol. The van der Waals surface area contributed by atoms with E-state index in [-0.39, 0.29) is 0 Å². The summed E-state index contributed by atoms with van der Waals surface area (Å²) in [6, 6.07) is 22.2. The van der Waals surface area contributed by atoms with Crippen molar-refractivity contribution < 1.29 is 0 Å². The average Bonchev–Trinajstić information content (AvgIpc) is 3.21. The van der Waals surface area contributed by atoms with Crippen LogP contribution in [0.15, 0.2) is 97.1 Å². The van der Waals surface area contributed by atoms with E-state index in [0.29, 0.717) is 5.92 Å². The molecule has 0 N–H and O–H groups in total. The summed E-state index contributed by atoms with van der Waals surface area (Å²) in [5.74, 6) is 0.451. The van der Waals surface area contributed by atoms with Crippen LogP contribution in [-0.4, -0.2) is 24.0 Å². The predicted octanol–water partition coefficient (Wildman–Crippen LogP) is 7.58. The molecule has 1 aliphatic rings. The van der Waals surface area contributed by atoms with Crippen molar-refractivity contribution in [3.8, 4) is 0 Å². The molecule has 160 valence electrons. The van der Waals surface area contributed by atoms with E-state index in [4.69, 9.17) is 0 Å². The van der Waals surface area contributed by atoms with Crippen LogP contribution in [0.5, 0.6) is 0 Å². The van der Waals surface area contributed by atoms with E-state index in [1.807, 2.05) is 6.08 Å². The molecule has 1 saturated heterocycles. The summed E-state index contributed by atoms with van der Waals surface area (Å²) in [5, 5.41) is 0. The van der Waals surface area contributed by atoms with Gasteiger partial charge in [0.2, 0.25) is 0 Å². The second kappa shape index (κ2) is 13.8. The summed E-state index contributed by atoms with van der Waals surface area (Å²) < 4.78 is 0. The average molecular weight is 402 g/mol. The Bertz CT molecular complexity index is 773. The zero-order valence-corrected chi connectivity index (χ0v) is 19.1. The van der Waals surface area contributed by atoms with Gasteiger partial charge in [-0.1, -0.05) is 91.9 Å². The fourth-order valence-corrected chi connectivity index (χ4v) is 3.97. The van der Waals surface area contributed by atoms with Gasteiger partial charge < -0.3 is 4.90 Å². The first-order valence-electron chi connectivity index (χ1n) is 11.4. The number of hydrogen-bond donors (Lipinski definition) is 0. The largest absolute Gasteiger partial charge is 0.300 e. The number of benzene rings is 2. The Labute approximate surface area is 184 Å². The highest BCUT2D eigenvalue weighted by Crippen LogP contribution is 2.24. The summed E-state index contributed by atoms with van der Waals surface area (Å²) in [4.78, 5) is 2.60. The fourth-order valence-electron chi connectivity index (χ4n) is 3.97. The van der Waals surface area contributed by atoms with Crippen LogP contribution in [-0.2, 0) is 6.42 Å². The zero-order chi connectivity index (χ0) is 21.6. The smallest absolute Gasteiger partial charge is 0.00675 e. The molecule has 2 aromatic rings. The van der Waals surface area contributed by atoms with Gasteiger partial charge in [-0.25, -0.2) is 0 Å². The molecule has 2 aromatic carbocycles. The van der Waals surface area contributed by atoms with Crippen LogP contribution in [0.1, 0.15) is 57.1 Å². The van der Waals surface area contributed by atoms with Crippen molar-refractivity contribution in [3.63, 3.8) is 0 Å². The third-order valence-electron chi connectivity index (χ3n) is 5.97. The summed E-state index contributed by atoms with van der Waals surface area (Å²) in [6.45, 7) is 12.9. The molecule has 1 fully saturated rings. The maximum Gasteiger partial charge on any atom is 0.00675 e. The van der Waals surface area contributed by atoms with Crippen molar-refractivity contribution in [3.05, 3.63) is 108 Å². The molecule has 30 heavy (non-hydrogen) atoms. The molecule has 2 atom stereocenters. The summed E-state index contributed by atoms with van der Waals surface area (Å²) in [7, 11) is 0. The van der Waals surface area contributed by atoms with E-state index in [1.54, 1.807) is 0 Å². The molecule has 1 nitrogen and oxygen atoms in total. The molecule has 0 radical (unpaired) electrons. The number of allylic oxidation sites excluding steroid dienone is 5. The first-order chi connectivity index (χ1) is 14.7. The summed E-state index contributed by atoms with van der Waals surface area (Å²) in [5.41, 5.74) is 4.18. The number of nitrogens with zero attached hydrogens (tertiary/aromatic N) is 1. The first-order valence-corrected chi connectivity index (χ1v) is 11.4. The fraction of sp³-hybridized carbons (Fsp3) is 0.379. The van der Waals surface area contributed by atoms with Crippen molar-refractivity contribution in [2.45, 2.75) is 58.4 Å². The molecule has 0 aromatic heterocycles. The highest BCUT2D eigenvalue weighted by molar-refractivity contribution is 5.33. The molecular weight excluding hydrogens is 362 g/mol. The van der Waals surface area contributed by atoms with Gasteiger partial charge in [0.15, 0.2) is 0 Å². The van der Waals surface area contributed by atoms with Crippen LogP contribution in [0.25, 0.3) is 0 Å². The van der Waals surface area contributed by atoms with E-state index in [9.17, 15) is 0 Å². The van der Waals surface area contributed by atoms with Crippen LogP contribution in [0.2, 0.25) is 0 Å². The molecule has 1 heteroatoms. The Kier molecular flexibility index (Phi) is 11.0. The van der Waals surface area contributed by atoms with Crippen molar-refractivity contribution >= 4 is 0 Å². The summed E-state index contributed by atoms with van der Waals surface area (Å²) >= 11 is 0.